The van der Waals surface area contributed by atoms with Crippen LogP contribution in [-0.4, -0.2) is 29.0 Å². The van der Waals surface area contributed by atoms with Crippen molar-refractivity contribution >= 4 is 40.9 Å². The van der Waals surface area contributed by atoms with Crippen molar-refractivity contribution in [2.75, 3.05) is 17.2 Å². The number of nitrogens with zero attached hydrogens (tertiary/aromatic N) is 2. The Morgan fingerprint density at radius 3 is 2.58 bits per heavy atom. The molecule has 0 aliphatic carbocycles. The number of halogens is 3. The molecule has 4 nitrogen and oxygen atoms in total. The summed E-state index contributed by atoms with van der Waals surface area (Å²) in [6.45, 7) is 2.25. The van der Waals surface area contributed by atoms with Gasteiger partial charge in [0.05, 0.1) is 12.2 Å². The predicted octanol–water partition coefficient (Wildman–Crippen LogP) is 5.52. The molecule has 2 heterocycles. The number of carbonyl (C=O) groups excluding carboxylic acids is 2. The Labute approximate surface area is 199 Å². The molecule has 1 atom stereocenters. The van der Waals surface area contributed by atoms with Crippen LogP contribution >= 0.6 is 23.4 Å². The zero-order chi connectivity index (χ0) is 23.3. The van der Waals surface area contributed by atoms with Crippen LogP contribution in [0.4, 0.5) is 14.5 Å². The highest BCUT2D eigenvalue weighted by molar-refractivity contribution is 8.01. The highest BCUT2D eigenvalue weighted by Crippen LogP contribution is 2.55. The Hall–Kier alpha value is -2.90. The molecule has 0 N–H and O–H groups in total. The highest BCUT2D eigenvalue weighted by Gasteiger charge is 2.59. The third kappa shape index (κ3) is 3.50. The van der Waals surface area contributed by atoms with Crippen LogP contribution in [0.5, 0.6) is 0 Å². The summed E-state index contributed by atoms with van der Waals surface area (Å²) in [6.07, 6.45) is 0. The molecule has 2 aliphatic rings. The molecule has 0 saturated carbocycles. The number of hydrogen-bond acceptors (Lipinski definition) is 3. The van der Waals surface area contributed by atoms with E-state index in [0.29, 0.717) is 34.1 Å². The third-order valence-electron chi connectivity index (χ3n) is 6.03. The molecule has 1 saturated heterocycles. The Morgan fingerprint density at radius 2 is 1.85 bits per heavy atom. The largest absolute Gasteiger partial charge is 0.311 e. The van der Waals surface area contributed by atoms with Gasteiger partial charge in [-0.25, -0.2) is 8.78 Å². The van der Waals surface area contributed by atoms with E-state index in [9.17, 15) is 18.4 Å². The molecule has 8 heteroatoms. The zero-order valence-electron chi connectivity index (χ0n) is 17.6. The monoisotopic (exact) mass is 484 g/mol. The second-order valence-corrected chi connectivity index (χ2v) is 9.83. The number of fused-ring (bicyclic) bond motifs is 2. The lowest BCUT2D eigenvalue weighted by atomic mass is 10.0. The molecular formula is C25H19ClF2N2O2S. The molecule has 2 amide bonds. The number of thioether (sulfide) groups is 1. The molecule has 3 aromatic rings. The van der Waals surface area contributed by atoms with Gasteiger partial charge in [0.2, 0.25) is 0 Å². The molecule has 0 unspecified atom stereocenters. The van der Waals surface area contributed by atoms with Crippen LogP contribution in [0.15, 0.2) is 60.7 Å². The van der Waals surface area contributed by atoms with Gasteiger partial charge in [-0.3, -0.25) is 9.59 Å². The minimum absolute atomic E-state index is 0.0632. The number of aryl methyl sites for hydroxylation is 1. The Kier molecular flexibility index (Phi) is 5.41. The average Bonchev–Trinajstić information content (AvgIpc) is 3.32. The van der Waals surface area contributed by atoms with Crippen molar-refractivity contribution in [3.05, 3.63) is 99.6 Å². The van der Waals surface area contributed by atoms with Gasteiger partial charge in [0, 0.05) is 40.1 Å². The molecule has 0 bridgehead atoms. The average molecular weight is 485 g/mol. The summed E-state index contributed by atoms with van der Waals surface area (Å²) in [5.41, 5.74) is 2.91. The fourth-order valence-corrected chi connectivity index (χ4v) is 6.03. The van der Waals surface area contributed by atoms with Crippen LogP contribution in [0.3, 0.4) is 0 Å². The number of rotatable bonds is 3. The first kappa shape index (κ1) is 21.9. The molecule has 33 heavy (non-hydrogen) atoms. The fraction of sp³-hybridized carbons (Fsp3) is 0.200. The van der Waals surface area contributed by atoms with Crippen LogP contribution in [0.1, 0.15) is 27.0 Å². The molecule has 3 aromatic carbocycles. The van der Waals surface area contributed by atoms with Crippen molar-refractivity contribution in [2.24, 2.45) is 0 Å². The van der Waals surface area contributed by atoms with Crippen LogP contribution in [0, 0.1) is 18.6 Å². The van der Waals surface area contributed by atoms with Crippen LogP contribution in [-0.2, 0) is 16.2 Å². The zero-order valence-corrected chi connectivity index (χ0v) is 19.2. The van der Waals surface area contributed by atoms with E-state index in [1.165, 1.54) is 28.8 Å². The van der Waals surface area contributed by atoms with Crippen molar-refractivity contribution < 1.29 is 18.4 Å². The summed E-state index contributed by atoms with van der Waals surface area (Å²) in [4.78, 5) is 29.3. The van der Waals surface area contributed by atoms with E-state index in [2.05, 4.69) is 0 Å². The van der Waals surface area contributed by atoms with Crippen LogP contribution < -0.4 is 4.90 Å². The molecule has 1 fully saturated rings. The maximum atomic E-state index is 14.4. The molecule has 2 aliphatic heterocycles. The first-order chi connectivity index (χ1) is 15.8. The number of hydrogen-bond donors (Lipinski definition) is 0. The van der Waals surface area contributed by atoms with E-state index in [1.54, 1.807) is 29.2 Å². The lowest BCUT2D eigenvalue weighted by Gasteiger charge is -2.33. The Balaban J connectivity index is 1.60. The second-order valence-electron chi connectivity index (χ2n) is 8.10. The van der Waals surface area contributed by atoms with Crippen LogP contribution in [0.2, 0.25) is 5.02 Å². The maximum Gasteiger partial charge on any atom is 0.268 e. The smallest absolute Gasteiger partial charge is 0.268 e. The fourth-order valence-electron chi connectivity index (χ4n) is 4.45. The number of anilines is 1. The molecular weight excluding hydrogens is 466 g/mol. The SMILES string of the molecule is Cc1ccc2c(c1)[C@]1(SCCN1C(=O)c1ccc(Cl)cc1)C(=O)N2Cc1ccc(F)cc1F. The van der Waals surface area contributed by atoms with Gasteiger partial charge in [-0.1, -0.05) is 35.4 Å². The number of benzene rings is 3. The summed E-state index contributed by atoms with van der Waals surface area (Å²) in [5, 5.41) is 0.516. The quantitative estimate of drug-likeness (QED) is 0.492. The Bertz CT molecular complexity index is 1280. The van der Waals surface area contributed by atoms with Gasteiger partial charge in [0.15, 0.2) is 4.87 Å². The maximum absolute atomic E-state index is 14.4. The van der Waals surface area contributed by atoms with Gasteiger partial charge < -0.3 is 9.80 Å². The molecule has 0 radical (unpaired) electrons. The topological polar surface area (TPSA) is 40.6 Å². The molecule has 5 rings (SSSR count). The van der Waals surface area contributed by atoms with E-state index in [1.807, 2.05) is 25.1 Å². The van der Waals surface area contributed by atoms with E-state index >= 15 is 0 Å². The van der Waals surface area contributed by atoms with Gasteiger partial charge in [0.1, 0.15) is 11.6 Å². The lowest BCUT2D eigenvalue weighted by Crippen LogP contribution is -2.50. The normalized spacial score (nSPS) is 19.5. The Morgan fingerprint density at radius 1 is 1.09 bits per heavy atom. The van der Waals surface area contributed by atoms with Gasteiger partial charge in [-0.15, -0.1) is 11.8 Å². The number of amides is 2. The molecule has 0 aromatic heterocycles. The summed E-state index contributed by atoms with van der Waals surface area (Å²) >= 11 is 7.38. The molecule has 1 spiro atoms. The standard InChI is InChI=1S/C25H19ClF2N2O2S/c1-15-2-9-22-20(12-15)25(24(32)29(22)14-17-5-8-19(27)13-21(17)28)30(10-11-33-25)23(31)16-3-6-18(26)7-4-16/h2-9,12-13H,10-11,14H2,1H3/t25-/m0/s1. The van der Waals surface area contributed by atoms with Crippen molar-refractivity contribution in [3.63, 3.8) is 0 Å². The van der Waals surface area contributed by atoms with Crippen molar-refractivity contribution in [1.82, 2.24) is 4.90 Å². The summed E-state index contributed by atoms with van der Waals surface area (Å²) in [6, 6.07) is 15.5. The summed E-state index contributed by atoms with van der Waals surface area (Å²) < 4.78 is 27.9. The van der Waals surface area contributed by atoms with Crippen molar-refractivity contribution in [2.45, 2.75) is 18.3 Å². The summed E-state index contributed by atoms with van der Waals surface area (Å²) in [7, 11) is 0. The predicted molar refractivity (Wildman–Crippen MR) is 125 cm³/mol. The van der Waals surface area contributed by atoms with Gasteiger partial charge in [-0.2, -0.15) is 0 Å². The van der Waals surface area contributed by atoms with Crippen molar-refractivity contribution in [1.29, 1.82) is 0 Å². The first-order valence-electron chi connectivity index (χ1n) is 10.4. The van der Waals surface area contributed by atoms with Gasteiger partial charge in [-0.05, 0) is 43.3 Å². The van der Waals surface area contributed by atoms with Gasteiger partial charge in [0.25, 0.3) is 11.8 Å². The minimum atomic E-state index is -1.24. The van der Waals surface area contributed by atoms with E-state index in [-0.39, 0.29) is 23.9 Å². The highest BCUT2D eigenvalue weighted by atomic mass is 35.5. The van der Waals surface area contributed by atoms with E-state index in [4.69, 9.17) is 11.6 Å². The second kappa shape index (κ2) is 8.15. The van der Waals surface area contributed by atoms with Crippen molar-refractivity contribution in [3.8, 4) is 0 Å². The van der Waals surface area contributed by atoms with Crippen LogP contribution in [0.25, 0.3) is 0 Å². The molecule has 168 valence electrons. The third-order valence-corrected chi connectivity index (χ3v) is 7.70. The number of carbonyl (C=O) groups is 2. The van der Waals surface area contributed by atoms with E-state index in [0.717, 1.165) is 11.6 Å². The minimum Gasteiger partial charge on any atom is -0.311 e. The van der Waals surface area contributed by atoms with Gasteiger partial charge >= 0.3 is 0 Å². The summed E-state index contributed by atoms with van der Waals surface area (Å²) in [5.74, 6) is -1.39. The lowest BCUT2D eigenvalue weighted by molar-refractivity contribution is -0.123. The first-order valence-corrected chi connectivity index (χ1v) is 11.8. The van der Waals surface area contributed by atoms with E-state index < -0.39 is 16.5 Å².